The van der Waals surface area contributed by atoms with Crippen molar-refractivity contribution in [2.45, 2.75) is 45.6 Å². The van der Waals surface area contributed by atoms with Crippen molar-refractivity contribution in [3.63, 3.8) is 0 Å². The van der Waals surface area contributed by atoms with Gasteiger partial charge in [0.2, 0.25) is 0 Å². The largest absolute Gasteiger partial charge is 0.483 e. The lowest BCUT2D eigenvalue weighted by molar-refractivity contribution is -0.134. The lowest BCUT2D eigenvalue weighted by Gasteiger charge is -2.39. The molecule has 2 heterocycles. The zero-order valence-electron chi connectivity index (χ0n) is 16.0. The molecule has 1 atom stereocenters. The van der Waals surface area contributed by atoms with Crippen LogP contribution in [0.15, 0.2) is 24.3 Å². The Morgan fingerprint density at radius 2 is 1.92 bits per heavy atom. The third-order valence-electron chi connectivity index (χ3n) is 5.67. The zero-order valence-corrected chi connectivity index (χ0v) is 16.0. The molecule has 144 valence electrons. The number of para-hydroxylation sites is 1. The van der Waals surface area contributed by atoms with E-state index in [4.69, 9.17) is 4.74 Å². The first-order valence-corrected chi connectivity index (χ1v) is 9.91. The van der Waals surface area contributed by atoms with Gasteiger partial charge in [0, 0.05) is 43.8 Å². The van der Waals surface area contributed by atoms with Crippen LogP contribution < -0.4 is 4.74 Å². The number of piperidine rings is 2. The Labute approximate surface area is 156 Å². The molecular weight excluding hydrogens is 328 g/mol. The van der Waals surface area contributed by atoms with Gasteiger partial charge in [-0.3, -0.25) is 9.69 Å². The topological polar surface area (TPSA) is 53.0 Å². The van der Waals surface area contributed by atoms with Gasteiger partial charge in [-0.15, -0.1) is 0 Å². The molecule has 0 radical (unpaired) electrons. The minimum Gasteiger partial charge on any atom is -0.483 e. The summed E-state index contributed by atoms with van der Waals surface area (Å²) < 4.78 is 5.90. The second-order valence-corrected chi connectivity index (χ2v) is 8.12. The van der Waals surface area contributed by atoms with E-state index >= 15 is 0 Å². The van der Waals surface area contributed by atoms with Gasteiger partial charge in [-0.1, -0.05) is 25.1 Å². The van der Waals surface area contributed by atoms with Crippen LogP contribution in [0.2, 0.25) is 0 Å². The number of carbonyl (C=O) groups is 1. The van der Waals surface area contributed by atoms with E-state index < -0.39 is 0 Å². The van der Waals surface area contributed by atoms with Gasteiger partial charge in [0.15, 0.2) is 6.61 Å². The van der Waals surface area contributed by atoms with E-state index in [1.165, 1.54) is 6.42 Å². The van der Waals surface area contributed by atoms with Crippen LogP contribution in [-0.2, 0) is 11.3 Å². The normalized spacial score (nSPS) is 24.5. The molecule has 1 aromatic rings. The number of benzene rings is 1. The van der Waals surface area contributed by atoms with E-state index in [9.17, 15) is 9.90 Å². The first kappa shape index (κ1) is 19.2. The molecule has 0 spiro atoms. The summed E-state index contributed by atoms with van der Waals surface area (Å²) in [4.78, 5) is 16.7. The van der Waals surface area contributed by atoms with E-state index in [2.05, 4.69) is 17.9 Å². The van der Waals surface area contributed by atoms with Gasteiger partial charge in [-0.25, -0.2) is 0 Å². The van der Waals surface area contributed by atoms with E-state index in [0.29, 0.717) is 0 Å². The third kappa shape index (κ3) is 4.98. The Balaban J connectivity index is 1.58. The number of rotatable bonds is 6. The molecule has 5 nitrogen and oxygen atoms in total. The SMILES string of the molecule is CC1(CO)CCCN(Cc2ccccc2OCC(=O)N2CCCCC2)C1. The van der Waals surface area contributed by atoms with Crippen LogP contribution in [0.3, 0.4) is 0 Å². The summed E-state index contributed by atoms with van der Waals surface area (Å²) in [5.41, 5.74) is 1.10. The quantitative estimate of drug-likeness (QED) is 0.847. The first-order valence-electron chi connectivity index (χ1n) is 9.91. The van der Waals surface area contributed by atoms with Crippen LogP contribution in [0.1, 0.15) is 44.6 Å². The molecule has 0 aliphatic carbocycles. The highest BCUT2D eigenvalue weighted by molar-refractivity contribution is 5.77. The van der Waals surface area contributed by atoms with Crippen LogP contribution >= 0.6 is 0 Å². The molecule has 0 aromatic heterocycles. The smallest absolute Gasteiger partial charge is 0.260 e. The maximum Gasteiger partial charge on any atom is 0.260 e. The molecule has 3 rings (SSSR count). The van der Waals surface area contributed by atoms with Crippen LogP contribution in [0.25, 0.3) is 0 Å². The van der Waals surface area contributed by atoms with Crippen LogP contribution in [0.4, 0.5) is 0 Å². The minimum absolute atomic E-state index is 0.0156. The highest BCUT2D eigenvalue weighted by Crippen LogP contribution is 2.30. The molecule has 0 bridgehead atoms. The lowest BCUT2D eigenvalue weighted by Crippen LogP contribution is -2.43. The summed E-state index contributed by atoms with van der Waals surface area (Å²) in [6.07, 6.45) is 5.59. The number of hydrogen-bond donors (Lipinski definition) is 1. The zero-order chi connectivity index (χ0) is 18.4. The Kier molecular flexibility index (Phi) is 6.54. The molecule has 2 aliphatic heterocycles. The molecule has 2 aliphatic rings. The summed E-state index contributed by atoms with van der Waals surface area (Å²) >= 11 is 0. The fourth-order valence-electron chi connectivity index (χ4n) is 4.08. The maximum atomic E-state index is 12.4. The molecule has 1 amide bonds. The highest BCUT2D eigenvalue weighted by Gasteiger charge is 2.30. The summed E-state index contributed by atoms with van der Waals surface area (Å²) in [6.45, 7) is 6.94. The number of aliphatic hydroxyl groups is 1. The Hall–Kier alpha value is -1.59. The Bertz CT molecular complexity index is 601. The van der Waals surface area contributed by atoms with Crippen molar-refractivity contribution in [3.8, 4) is 5.75 Å². The molecule has 1 N–H and O–H groups in total. The molecule has 26 heavy (non-hydrogen) atoms. The minimum atomic E-state index is -0.0156. The van der Waals surface area contributed by atoms with Gasteiger partial charge in [0.05, 0.1) is 0 Å². The van der Waals surface area contributed by atoms with Crippen molar-refractivity contribution in [1.29, 1.82) is 0 Å². The fourth-order valence-corrected chi connectivity index (χ4v) is 4.08. The van der Waals surface area contributed by atoms with Crippen molar-refractivity contribution in [1.82, 2.24) is 9.80 Å². The predicted molar refractivity (Wildman–Crippen MR) is 102 cm³/mol. The second kappa shape index (κ2) is 8.87. The van der Waals surface area contributed by atoms with Gasteiger partial charge < -0.3 is 14.7 Å². The predicted octanol–water partition coefficient (Wildman–Crippen LogP) is 2.67. The number of aliphatic hydroxyl groups excluding tert-OH is 1. The number of carbonyl (C=O) groups excluding carboxylic acids is 1. The average molecular weight is 360 g/mol. The van der Waals surface area contributed by atoms with Crippen molar-refractivity contribution < 1.29 is 14.6 Å². The standard InChI is InChI=1S/C21H32N2O3/c1-21(17-24)10-7-11-22(16-21)14-18-8-3-4-9-19(18)26-15-20(25)23-12-5-2-6-13-23/h3-4,8-9,24H,2,5-7,10-17H2,1H3. The van der Waals surface area contributed by atoms with Crippen LogP contribution in [0, 0.1) is 5.41 Å². The fraction of sp³-hybridized carbons (Fsp3) is 0.667. The van der Waals surface area contributed by atoms with Gasteiger partial charge >= 0.3 is 0 Å². The summed E-state index contributed by atoms with van der Waals surface area (Å²) in [5, 5.41) is 9.66. The first-order chi connectivity index (χ1) is 12.6. The highest BCUT2D eigenvalue weighted by atomic mass is 16.5. The second-order valence-electron chi connectivity index (χ2n) is 8.12. The monoisotopic (exact) mass is 360 g/mol. The molecule has 1 unspecified atom stereocenters. The lowest BCUT2D eigenvalue weighted by atomic mass is 9.82. The average Bonchev–Trinajstić information content (AvgIpc) is 2.68. The van der Waals surface area contributed by atoms with Crippen LogP contribution in [0.5, 0.6) is 5.75 Å². The van der Waals surface area contributed by atoms with E-state index in [-0.39, 0.29) is 24.5 Å². The third-order valence-corrected chi connectivity index (χ3v) is 5.67. The number of ether oxygens (including phenoxy) is 1. The summed E-state index contributed by atoms with van der Waals surface area (Å²) in [6, 6.07) is 8.00. The number of amides is 1. The van der Waals surface area contributed by atoms with Crippen molar-refractivity contribution >= 4 is 5.91 Å². The summed E-state index contributed by atoms with van der Waals surface area (Å²) in [5.74, 6) is 0.888. The maximum absolute atomic E-state index is 12.4. The molecule has 5 heteroatoms. The van der Waals surface area contributed by atoms with Crippen molar-refractivity contribution in [2.75, 3.05) is 39.4 Å². The molecule has 2 fully saturated rings. The van der Waals surface area contributed by atoms with E-state index in [1.807, 2.05) is 23.1 Å². The summed E-state index contributed by atoms with van der Waals surface area (Å²) in [7, 11) is 0. The Morgan fingerprint density at radius 3 is 2.69 bits per heavy atom. The van der Waals surface area contributed by atoms with E-state index in [0.717, 1.165) is 69.7 Å². The van der Waals surface area contributed by atoms with Gasteiger partial charge in [0.25, 0.3) is 5.91 Å². The Morgan fingerprint density at radius 1 is 1.15 bits per heavy atom. The number of hydrogen-bond acceptors (Lipinski definition) is 4. The van der Waals surface area contributed by atoms with Gasteiger partial charge in [0.1, 0.15) is 5.75 Å². The van der Waals surface area contributed by atoms with Gasteiger partial charge in [-0.05, 0) is 44.7 Å². The molecule has 1 aromatic carbocycles. The molecule has 2 saturated heterocycles. The molecular formula is C21H32N2O3. The number of likely N-dealkylation sites (tertiary alicyclic amines) is 2. The van der Waals surface area contributed by atoms with Crippen LogP contribution in [-0.4, -0.2) is 60.2 Å². The van der Waals surface area contributed by atoms with Gasteiger partial charge in [-0.2, -0.15) is 0 Å². The molecule has 0 saturated carbocycles. The number of nitrogens with zero attached hydrogens (tertiary/aromatic N) is 2. The van der Waals surface area contributed by atoms with Crippen molar-refractivity contribution in [2.24, 2.45) is 5.41 Å². The van der Waals surface area contributed by atoms with E-state index in [1.54, 1.807) is 0 Å². The van der Waals surface area contributed by atoms with Crippen molar-refractivity contribution in [3.05, 3.63) is 29.8 Å².